The lowest BCUT2D eigenvalue weighted by atomic mass is 10.4. The minimum absolute atomic E-state index is 0.0693. The topological polar surface area (TPSA) is 177 Å². The molecule has 0 aliphatic rings. The fourth-order valence-electron chi connectivity index (χ4n) is 3.92. The maximum Gasteiger partial charge on any atom is 0.0781 e. The molecule has 0 saturated carbocycles. The molecule has 0 bridgehead atoms. The molecule has 0 amide bonds. The van der Waals surface area contributed by atoms with Crippen LogP contribution in [0.3, 0.4) is 0 Å². The molecule has 2 unspecified atom stereocenters. The predicted molar refractivity (Wildman–Crippen MR) is 201 cm³/mol. The second kappa shape index (κ2) is 49.4. The molecule has 0 rings (SSSR count). The molecular weight excluding hydrogens is 732 g/mol. The zero-order valence-electron chi connectivity index (χ0n) is 34.2. The minimum atomic E-state index is -0.458. The molecule has 0 aliphatic heterocycles. The van der Waals surface area contributed by atoms with E-state index < -0.39 is 6.10 Å². The van der Waals surface area contributed by atoms with E-state index in [9.17, 15) is 0 Å². The van der Waals surface area contributed by atoms with E-state index in [-0.39, 0.29) is 6.10 Å². The van der Waals surface area contributed by atoms with Crippen molar-refractivity contribution in [2.75, 3.05) is 219 Å². The van der Waals surface area contributed by atoms with Crippen molar-refractivity contribution >= 4 is 0 Å². The number of ether oxygens (including phenoxy) is 17. The summed E-state index contributed by atoms with van der Waals surface area (Å²) in [5.74, 6) is 0. The molecule has 0 aromatic carbocycles. The summed E-state index contributed by atoms with van der Waals surface area (Å²) < 4.78 is 92.3. The monoisotopic (exact) mass is 809 g/mol. The van der Waals surface area contributed by atoms with Gasteiger partial charge in [0.1, 0.15) is 0 Å². The van der Waals surface area contributed by atoms with Crippen molar-refractivity contribution in [2.24, 2.45) is 0 Å². The van der Waals surface area contributed by atoms with Crippen LogP contribution in [0, 0.1) is 0 Å². The average molecular weight is 809 g/mol. The number of hydrogen-bond donors (Lipinski definition) is 1. The Hall–Kier alpha value is -0.720. The van der Waals surface area contributed by atoms with Crippen LogP contribution in [0.25, 0.3) is 0 Å². The zero-order valence-corrected chi connectivity index (χ0v) is 34.2. The molecule has 0 aromatic heterocycles. The lowest BCUT2D eigenvalue weighted by Crippen LogP contribution is -2.18. The Balaban J connectivity index is 3.07. The molecule has 0 spiro atoms. The maximum atomic E-state index is 9.07. The van der Waals surface area contributed by atoms with Gasteiger partial charge in [-0.25, -0.2) is 0 Å². The van der Waals surface area contributed by atoms with E-state index in [1.165, 1.54) is 0 Å². The summed E-state index contributed by atoms with van der Waals surface area (Å²) in [5, 5.41) is 9.07. The quantitative estimate of drug-likeness (QED) is 0.0848. The Morgan fingerprint density at radius 1 is 0.273 bits per heavy atom. The average Bonchev–Trinajstić information content (AvgIpc) is 3.17. The van der Waals surface area contributed by atoms with Crippen LogP contribution in [0.1, 0.15) is 13.8 Å². The molecule has 0 radical (unpaired) electrons. The molecule has 0 fully saturated rings. The molecule has 55 heavy (non-hydrogen) atoms. The number of aliphatic hydroxyl groups is 1. The third-order valence-corrected chi connectivity index (χ3v) is 6.60. The van der Waals surface area contributed by atoms with Gasteiger partial charge in [-0.05, 0) is 13.8 Å². The fraction of sp³-hybridized carbons (Fsp3) is 1.00. The third kappa shape index (κ3) is 51.3. The SMILES string of the molecule is COCC(C)OCCOCCOCCOCCOCCOCCOCCOCCOCCOCCOCCOCCOCCOCCOCCOCC(C)O. The first-order valence-electron chi connectivity index (χ1n) is 19.6. The fourth-order valence-corrected chi connectivity index (χ4v) is 3.92. The second-order valence-corrected chi connectivity index (χ2v) is 11.6. The van der Waals surface area contributed by atoms with E-state index in [0.29, 0.717) is 211 Å². The first-order valence-corrected chi connectivity index (χ1v) is 19.6. The highest BCUT2D eigenvalue weighted by atomic mass is 16.6. The third-order valence-electron chi connectivity index (χ3n) is 6.60. The van der Waals surface area contributed by atoms with Gasteiger partial charge in [0.15, 0.2) is 0 Å². The van der Waals surface area contributed by atoms with E-state index in [1.807, 2.05) is 6.92 Å². The Kier molecular flexibility index (Phi) is 48.8. The number of rotatable bonds is 50. The van der Waals surface area contributed by atoms with Gasteiger partial charge in [-0.3, -0.25) is 0 Å². The number of methoxy groups -OCH3 is 1. The van der Waals surface area contributed by atoms with E-state index in [1.54, 1.807) is 14.0 Å². The summed E-state index contributed by atoms with van der Waals surface area (Å²) in [5.41, 5.74) is 0. The lowest BCUT2D eigenvalue weighted by Gasteiger charge is -2.12. The first kappa shape index (κ1) is 54.3. The van der Waals surface area contributed by atoms with Crippen LogP contribution in [0.4, 0.5) is 0 Å². The van der Waals surface area contributed by atoms with Crippen molar-refractivity contribution in [2.45, 2.75) is 26.1 Å². The van der Waals surface area contributed by atoms with Gasteiger partial charge in [-0.1, -0.05) is 0 Å². The van der Waals surface area contributed by atoms with Crippen molar-refractivity contribution < 1.29 is 85.6 Å². The summed E-state index contributed by atoms with van der Waals surface area (Å²) in [6.45, 7) is 19.6. The van der Waals surface area contributed by atoms with Crippen LogP contribution in [0.5, 0.6) is 0 Å². The zero-order chi connectivity index (χ0) is 39.8. The van der Waals surface area contributed by atoms with E-state index in [2.05, 4.69) is 0 Å². The van der Waals surface area contributed by atoms with Gasteiger partial charge in [-0.15, -0.1) is 0 Å². The van der Waals surface area contributed by atoms with Crippen LogP contribution < -0.4 is 0 Å². The summed E-state index contributed by atoms with van der Waals surface area (Å²) in [6.07, 6.45) is -0.388. The van der Waals surface area contributed by atoms with E-state index in [4.69, 9.17) is 85.6 Å². The molecule has 0 saturated heterocycles. The highest BCUT2D eigenvalue weighted by molar-refractivity contribution is 4.46. The van der Waals surface area contributed by atoms with Gasteiger partial charge >= 0.3 is 0 Å². The van der Waals surface area contributed by atoms with Gasteiger partial charge in [0.25, 0.3) is 0 Å². The van der Waals surface area contributed by atoms with Crippen molar-refractivity contribution in [3.63, 3.8) is 0 Å². The predicted octanol–water partition coefficient (Wildman–Crippen LogP) is 0.668. The molecular formula is C37H76O18. The van der Waals surface area contributed by atoms with Crippen molar-refractivity contribution in [3.8, 4) is 0 Å². The van der Waals surface area contributed by atoms with Gasteiger partial charge in [-0.2, -0.15) is 0 Å². The van der Waals surface area contributed by atoms with E-state index in [0.717, 1.165) is 0 Å². The molecule has 1 N–H and O–H groups in total. The Morgan fingerprint density at radius 2 is 0.455 bits per heavy atom. The smallest absolute Gasteiger partial charge is 0.0781 e. The normalized spacial score (nSPS) is 12.9. The molecule has 332 valence electrons. The summed E-state index contributed by atoms with van der Waals surface area (Å²) in [7, 11) is 1.65. The van der Waals surface area contributed by atoms with Gasteiger partial charge < -0.3 is 85.6 Å². The molecule has 0 aliphatic carbocycles. The van der Waals surface area contributed by atoms with Crippen LogP contribution in [-0.2, 0) is 80.5 Å². The Labute approximate surface area is 330 Å². The molecule has 18 heteroatoms. The number of aliphatic hydroxyl groups excluding tert-OH is 1. The standard InChI is InChI=1S/C37H76O18/c1-36(38)34-54-31-30-52-27-26-50-23-22-48-19-18-46-15-14-44-11-10-42-7-6-40-4-5-41-8-9-43-12-13-45-16-17-47-20-21-49-24-25-51-28-29-53-32-33-55-37(2)35-39-3/h36-38H,4-35H2,1-3H3. The highest BCUT2D eigenvalue weighted by Gasteiger charge is 2.01. The molecule has 18 nitrogen and oxygen atoms in total. The van der Waals surface area contributed by atoms with Crippen LogP contribution >= 0.6 is 0 Å². The van der Waals surface area contributed by atoms with E-state index >= 15 is 0 Å². The summed E-state index contributed by atoms with van der Waals surface area (Å²) in [4.78, 5) is 0. The van der Waals surface area contributed by atoms with Gasteiger partial charge in [0, 0.05) is 7.11 Å². The van der Waals surface area contributed by atoms with Crippen LogP contribution in [0.2, 0.25) is 0 Å². The first-order chi connectivity index (χ1) is 27.2. The van der Waals surface area contributed by atoms with Crippen molar-refractivity contribution in [3.05, 3.63) is 0 Å². The lowest BCUT2D eigenvalue weighted by molar-refractivity contribution is -0.0364. The molecule has 0 heterocycles. The maximum absolute atomic E-state index is 9.07. The second-order valence-electron chi connectivity index (χ2n) is 11.6. The Bertz CT molecular complexity index is 684. The van der Waals surface area contributed by atoms with Crippen LogP contribution in [-0.4, -0.2) is 236 Å². The van der Waals surface area contributed by atoms with Gasteiger partial charge in [0.2, 0.25) is 0 Å². The highest BCUT2D eigenvalue weighted by Crippen LogP contribution is 1.92. The summed E-state index contributed by atoms with van der Waals surface area (Å²) in [6, 6.07) is 0. The van der Waals surface area contributed by atoms with Crippen LogP contribution in [0.15, 0.2) is 0 Å². The van der Waals surface area contributed by atoms with Gasteiger partial charge in [0.05, 0.1) is 224 Å². The van der Waals surface area contributed by atoms with Crippen molar-refractivity contribution in [1.29, 1.82) is 0 Å². The van der Waals surface area contributed by atoms with Crippen molar-refractivity contribution in [1.82, 2.24) is 0 Å². The number of hydrogen-bond acceptors (Lipinski definition) is 18. The Morgan fingerprint density at radius 3 is 0.636 bits per heavy atom. The largest absolute Gasteiger partial charge is 0.391 e. The molecule has 2 atom stereocenters. The summed E-state index contributed by atoms with van der Waals surface area (Å²) >= 11 is 0. The molecule has 0 aromatic rings. The minimum Gasteiger partial charge on any atom is -0.391 e.